The van der Waals surface area contributed by atoms with E-state index in [2.05, 4.69) is 20.4 Å². The molecule has 0 radical (unpaired) electrons. The van der Waals surface area contributed by atoms with Crippen LogP contribution in [0.25, 0.3) is 22.2 Å². The van der Waals surface area contributed by atoms with Crippen molar-refractivity contribution in [2.45, 2.75) is 0 Å². The number of aromatic carboxylic acids is 1. The standard InChI is InChI=1S/C12H8N4O2/c17-12(18)9-6-13-5-4-7(9)8-2-1-3-10-11(8)15-16-14-10/h1-6H,(H,17,18)(H,14,15,16). The number of para-hydroxylation sites is 1. The predicted molar refractivity (Wildman–Crippen MR) is 64.1 cm³/mol. The van der Waals surface area contributed by atoms with Gasteiger partial charge in [-0.25, -0.2) is 4.79 Å². The largest absolute Gasteiger partial charge is 0.478 e. The SMILES string of the molecule is O=C(O)c1cnccc1-c1cccc2n[nH]nc12. The van der Waals surface area contributed by atoms with Gasteiger partial charge in [-0.1, -0.05) is 12.1 Å². The van der Waals surface area contributed by atoms with E-state index in [1.54, 1.807) is 12.3 Å². The lowest BCUT2D eigenvalue weighted by Crippen LogP contribution is -2.00. The average molecular weight is 240 g/mol. The highest BCUT2D eigenvalue weighted by molar-refractivity contribution is 6.00. The lowest BCUT2D eigenvalue weighted by Gasteiger charge is -2.05. The zero-order valence-electron chi connectivity index (χ0n) is 9.16. The van der Waals surface area contributed by atoms with Crippen molar-refractivity contribution in [3.63, 3.8) is 0 Å². The Balaban J connectivity index is 2.33. The lowest BCUT2D eigenvalue weighted by atomic mass is 10.0. The molecule has 0 unspecified atom stereocenters. The van der Waals surface area contributed by atoms with Gasteiger partial charge in [-0.05, 0) is 12.1 Å². The van der Waals surface area contributed by atoms with Crippen molar-refractivity contribution in [3.05, 3.63) is 42.2 Å². The normalized spacial score (nSPS) is 10.7. The number of benzene rings is 1. The van der Waals surface area contributed by atoms with Crippen LogP contribution < -0.4 is 0 Å². The van der Waals surface area contributed by atoms with Gasteiger partial charge in [0.2, 0.25) is 0 Å². The Bertz CT molecular complexity index is 736. The first-order valence-corrected chi connectivity index (χ1v) is 5.24. The summed E-state index contributed by atoms with van der Waals surface area (Å²) in [5.41, 5.74) is 2.79. The first kappa shape index (κ1) is 10.4. The minimum absolute atomic E-state index is 0.146. The molecular formula is C12H8N4O2. The third-order valence-electron chi connectivity index (χ3n) is 2.69. The first-order chi connectivity index (χ1) is 8.77. The molecule has 0 aliphatic carbocycles. The van der Waals surface area contributed by atoms with Gasteiger partial charge < -0.3 is 5.11 Å². The van der Waals surface area contributed by atoms with Gasteiger partial charge in [0.05, 0.1) is 5.56 Å². The molecule has 0 aliphatic heterocycles. The number of hydrogen-bond acceptors (Lipinski definition) is 4. The monoisotopic (exact) mass is 240 g/mol. The number of aromatic nitrogens is 4. The molecule has 3 rings (SSSR count). The molecule has 0 saturated heterocycles. The molecule has 6 nitrogen and oxygen atoms in total. The molecule has 0 spiro atoms. The Kier molecular flexibility index (Phi) is 2.26. The van der Waals surface area contributed by atoms with Crippen LogP contribution in [-0.2, 0) is 0 Å². The van der Waals surface area contributed by atoms with Crippen molar-refractivity contribution >= 4 is 17.0 Å². The molecule has 1 aromatic carbocycles. The summed E-state index contributed by atoms with van der Waals surface area (Å²) >= 11 is 0. The van der Waals surface area contributed by atoms with Crippen LogP contribution in [0.5, 0.6) is 0 Å². The molecule has 18 heavy (non-hydrogen) atoms. The summed E-state index contributed by atoms with van der Waals surface area (Å²) in [4.78, 5) is 15.0. The summed E-state index contributed by atoms with van der Waals surface area (Å²) in [6.45, 7) is 0. The van der Waals surface area contributed by atoms with E-state index in [0.717, 1.165) is 5.56 Å². The summed E-state index contributed by atoms with van der Waals surface area (Å²) in [7, 11) is 0. The first-order valence-electron chi connectivity index (χ1n) is 5.24. The summed E-state index contributed by atoms with van der Waals surface area (Å²) < 4.78 is 0. The molecule has 3 aromatic rings. The van der Waals surface area contributed by atoms with Gasteiger partial charge in [0.1, 0.15) is 11.0 Å². The second kappa shape index (κ2) is 3.92. The van der Waals surface area contributed by atoms with E-state index < -0.39 is 5.97 Å². The topological polar surface area (TPSA) is 91.8 Å². The zero-order valence-corrected chi connectivity index (χ0v) is 9.16. The van der Waals surface area contributed by atoms with E-state index in [1.165, 1.54) is 6.20 Å². The van der Waals surface area contributed by atoms with E-state index in [4.69, 9.17) is 5.11 Å². The van der Waals surface area contributed by atoms with Gasteiger partial charge in [0.15, 0.2) is 0 Å². The molecule has 0 atom stereocenters. The van der Waals surface area contributed by atoms with Crippen molar-refractivity contribution in [2.24, 2.45) is 0 Å². The molecule has 0 saturated carbocycles. The van der Waals surface area contributed by atoms with E-state index in [1.807, 2.05) is 18.2 Å². The number of rotatable bonds is 2. The second-order valence-electron chi connectivity index (χ2n) is 3.72. The third kappa shape index (κ3) is 1.51. The average Bonchev–Trinajstić information content (AvgIpc) is 2.86. The Morgan fingerprint density at radius 1 is 1.17 bits per heavy atom. The van der Waals surface area contributed by atoms with Crippen molar-refractivity contribution in [1.82, 2.24) is 20.4 Å². The van der Waals surface area contributed by atoms with Gasteiger partial charge >= 0.3 is 5.97 Å². The van der Waals surface area contributed by atoms with Crippen LogP contribution >= 0.6 is 0 Å². The molecule has 2 N–H and O–H groups in total. The molecule has 2 aromatic heterocycles. The highest BCUT2D eigenvalue weighted by Crippen LogP contribution is 2.28. The fourth-order valence-electron chi connectivity index (χ4n) is 1.89. The quantitative estimate of drug-likeness (QED) is 0.711. The highest BCUT2D eigenvalue weighted by atomic mass is 16.4. The number of carbonyl (C=O) groups is 1. The molecule has 0 amide bonds. The minimum atomic E-state index is -1.02. The lowest BCUT2D eigenvalue weighted by molar-refractivity contribution is 0.0697. The Labute approximate surface area is 101 Å². The number of nitrogens with one attached hydrogen (secondary N) is 1. The molecule has 0 aliphatic rings. The summed E-state index contributed by atoms with van der Waals surface area (Å²) in [5, 5.41) is 19.7. The number of H-pyrrole nitrogens is 1. The highest BCUT2D eigenvalue weighted by Gasteiger charge is 2.14. The van der Waals surface area contributed by atoms with Crippen LogP contribution in [-0.4, -0.2) is 31.5 Å². The Hall–Kier alpha value is -2.76. The number of carboxylic acids is 1. The van der Waals surface area contributed by atoms with Gasteiger partial charge in [0, 0.05) is 23.5 Å². The van der Waals surface area contributed by atoms with Gasteiger partial charge in [-0.15, -0.1) is 0 Å². The van der Waals surface area contributed by atoms with Crippen molar-refractivity contribution in [2.75, 3.05) is 0 Å². The van der Waals surface area contributed by atoms with E-state index in [9.17, 15) is 4.79 Å². The van der Waals surface area contributed by atoms with Crippen LogP contribution in [0.15, 0.2) is 36.7 Å². The van der Waals surface area contributed by atoms with E-state index in [0.29, 0.717) is 16.6 Å². The van der Waals surface area contributed by atoms with E-state index >= 15 is 0 Å². The fourth-order valence-corrected chi connectivity index (χ4v) is 1.89. The predicted octanol–water partition coefficient (Wildman–Crippen LogP) is 1.72. The van der Waals surface area contributed by atoms with Crippen molar-refractivity contribution in [1.29, 1.82) is 0 Å². The second-order valence-corrected chi connectivity index (χ2v) is 3.72. The van der Waals surface area contributed by atoms with Crippen LogP contribution in [0.2, 0.25) is 0 Å². The van der Waals surface area contributed by atoms with Crippen LogP contribution in [0.3, 0.4) is 0 Å². The van der Waals surface area contributed by atoms with Crippen LogP contribution in [0.4, 0.5) is 0 Å². The molecule has 2 heterocycles. The number of hydrogen-bond donors (Lipinski definition) is 2. The van der Waals surface area contributed by atoms with Crippen LogP contribution in [0.1, 0.15) is 10.4 Å². The maximum atomic E-state index is 11.2. The third-order valence-corrected chi connectivity index (χ3v) is 2.69. The molecule has 0 fully saturated rings. The van der Waals surface area contributed by atoms with Crippen molar-refractivity contribution in [3.8, 4) is 11.1 Å². The van der Waals surface area contributed by atoms with Gasteiger partial charge in [-0.2, -0.15) is 15.4 Å². The maximum absolute atomic E-state index is 11.2. The molecule has 88 valence electrons. The molecular weight excluding hydrogens is 232 g/mol. The molecule has 0 bridgehead atoms. The van der Waals surface area contributed by atoms with Crippen molar-refractivity contribution < 1.29 is 9.90 Å². The van der Waals surface area contributed by atoms with Gasteiger partial charge in [0.25, 0.3) is 0 Å². The number of aromatic amines is 1. The number of pyridine rings is 1. The minimum Gasteiger partial charge on any atom is -0.478 e. The van der Waals surface area contributed by atoms with Crippen LogP contribution in [0, 0.1) is 0 Å². The smallest absolute Gasteiger partial charge is 0.337 e. The maximum Gasteiger partial charge on any atom is 0.337 e. The number of nitrogens with zero attached hydrogens (tertiary/aromatic N) is 3. The fraction of sp³-hybridized carbons (Fsp3) is 0. The Morgan fingerprint density at radius 3 is 2.89 bits per heavy atom. The van der Waals surface area contributed by atoms with Gasteiger partial charge in [-0.3, -0.25) is 4.98 Å². The summed E-state index contributed by atoms with van der Waals surface area (Å²) in [5.74, 6) is -1.02. The number of carboxylic acid groups (broad SMARTS) is 1. The Morgan fingerprint density at radius 2 is 2.06 bits per heavy atom. The van der Waals surface area contributed by atoms with E-state index in [-0.39, 0.29) is 5.56 Å². The summed E-state index contributed by atoms with van der Waals surface area (Å²) in [6.07, 6.45) is 2.89. The zero-order chi connectivity index (χ0) is 12.5. The molecule has 6 heteroatoms. The number of fused-ring (bicyclic) bond motifs is 1. The summed E-state index contributed by atoms with van der Waals surface area (Å²) in [6, 6.07) is 7.09.